The number of aryl methyl sites for hydroxylation is 1. The molecule has 2 rings (SSSR count). The number of nitrogens with zero attached hydrogens (tertiary/aromatic N) is 1. The molecule has 0 unspecified atom stereocenters. The van der Waals surface area contributed by atoms with Gasteiger partial charge in [-0.15, -0.1) is 0 Å². The molecular weight excluding hydrogens is 314 g/mol. The number of sulfonamides is 1. The van der Waals surface area contributed by atoms with E-state index in [1.165, 1.54) is 6.07 Å². The van der Waals surface area contributed by atoms with Gasteiger partial charge in [-0.3, -0.25) is 4.72 Å². The third kappa shape index (κ3) is 4.35. The Morgan fingerprint density at radius 2 is 1.91 bits per heavy atom. The molecule has 0 atom stereocenters. The Morgan fingerprint density at radius 3 is 2.43 bits per heavy atom. The smallest absolute Gasteiger partial charge is 0.263 e. The van der Waals surface area contributed by atoms with E-state index in [9.17, 15) is 8.42 Å². The van der Waals surface area contributed by atoms with Crippen LogP contribution in [0.25, 0.3) is 0 Å². The largest absolute Gasteiger partial charge is 0.496 e. The normalized spacial score (nSPS) is 11.3. The van der Waals surface area contributed by atoms with Gasteiger partial charge in [-0.2, -0.15) is 0 Å². The molecule has 0 bridgehead atoms. The molecule has 0 aliphatic rings. The molecule has 23 heavy (non-hydrogen) atoms. The molecule has 0 amide bonds. The van der Waals surface area contributed by atoms with Crippen LogP contribution in [-0.4, -0.2) is 26.6 Å². The van der Waals surface area contributed by atoms with E-state index in [0.717, 1.165) is 11.3 Å². The summed E-state index contributed by atoms with van der Waals surface area (Å²) in [5, 5.41) is 3.19. The summed E-state index contributed by atoms with van der Waals surface area (Å²) in [6.07, 6.45) is 1.59. The number of benzene rings is 1. The van der Waals surface area contributed by atoms with Gasteiger partial charge in [-0.05, 0) is 56.7 Å². The number of nitrogens with one attached hydrogen (secondary N) is 2. The van der Waals surface area contributed by atoms with Gasteiger partial charge in [0.2, 0.25) is 0 Å². The molecular formula is C16H21N3O3S. The number of hydrogen-bond acceptors (Lipinski definition) is 5. The Kier molecular flexibility index (Phi) is 5.10. The summed E-state index contributed by atoms with van der Waals surface area (Å²) in [6, 6.07) is 8.38. The van der Waals surface area contributed by atoms with Crippen molar-refractivity contribution in [2.24, 2.45) is 0 Å². The van der Waals surface area contributed by atoms with E-state index in [-0.39, 0.29) is 16.8 Å². The van der Waals surface area contributed by atoms with E-state index in [4.69, 9.17) is 4.74 Å². The van der Waals surface area contributed by atoms with Gasteiger partial charge in [-0.1, -0.05) is 0 Å². The molecule has 0 aliphatic carbocycles. The van der Waals surface area contributed by atoms with Crippen molar-refractivity contribution >= 4 is 21.5 Å². The standard InChI is InChI=1S/C16H21N3O3S/c1-11(2)18-13-5-8-16(17-10-13)19-23(20,21)14-6-7-15(22-4)12(3)9-14/h5-11,18H,1-4H3,(H,17,19). The average molecular weight is 335 g/mol. The topological polar surface area (TPSA) is 80.3 Å². The first-order valence-electron chi connectivity index (χ1n) is 7.22. The van der Waals surface area contributed by atoms with Crippen LogP contribution in [0.2, 0.25) is 0 Å². The minimum atomic E-state index is -3.69. The zero-order valence-electron chi connectivity index (χ0n) is 13.6. The number of hydrogen-bond donors (Lipinski definition) is 2. The van der Waals surface area contributed by atoms with Crippen LogP contribution >= 0.6 is 0 Å². The van der Waals surface area contributed by atoms with Gasteiger partial charge >= 0.3 is 0 Å². The van der Waals surface area contributed by atoms with Crippen molar-refractivity contribution in [2.45, 2.75) is 31.7 Å². The second-order valence-electron chi connectivity index (χ2n) is 5.47. The lowest BCUT2D eigenvalue weighted by Gasteiger charge is -2.12. The quantitative estimate of drug-likeness (QED) is 0.848. The van der Waals surface area contributed by atoms with Gasteiger partial charge in [-0.25, -0.2) is 13.4 Å². The molecule has 6 nitrogen and oxygen atoms in total. The number of pyridine rings is 1. The molecule has 0 aliphatic heterocycles. The Hall–Kier alpha value is -2.28. The molecule has 1 heterocycles. The second kappa shape index (κ2) is 6.87. The number of anilines is 2. The molecule has 0 saturated heterocycles. The number of rotatable bonds is 6. The molecule has 1 aromatic heterocycles. The lowest BCUT2D eigenvalue weighted by atomic mass is 10.2. The first-order valence-corrected chi connectivity index (χ1v) is 8.70. The zero-order valence-corrected chi connectivity index (χ0v) is 14.4. The fraction of sp³-hybridized carbons (Fsp3) is 0.312. The van der Waals surface area contributed by atoms with E-state index in [1.54, 1.807) is 44.5 Å². The molecule has 1 aromatic carbocycles. The van der Waals surface area contributed by atoms with Gasteiger partial charge in [0.15, 0.2) is 0 Å². The van der Waals surface area contributed by atoms with Gasteiger partial charge in [0, 0.05) is 6.04 Å². The highest BCUT2D eigenvalue weighted by Gasteiger charge is 2.16. The minimum absolute atomic E-state index is 0.169. The fourth-order valence-electron chi connectivity index (χ4n) is 2.09. The highest BCUT2D eigenvalue weighted by molar-refractivity contribution is 7.92. The van der Waals surface area contributed by atoms with E-state index in [1.807, 2.05) is 13.8 Å². The molecule has 2 aromatic rings. The van der Waals surface area contributed by atoms with Crippen molar-refractivity contribution in [3.8, 4) is 5.75 Å². The molecule has 0 spiro atoms. The summed E-state index contributed by atoms with van der Waals surface area (Å²) in [5.74, 6) is 0.916. The fourth-order valence-corrected chi connectivity index (χ4v) is 3.18. The Morgan fingerprint density at radius 1 is 1.17 bits per heavy atom. The predicted molar refractivity (Wildman–Crippen MR) is 91.5 cm³/mol. The van der Waals surface area contributed by atoms with Gasteiger partial charge in [0.1, 0.15) is 11.6 Å². The van der Waals surface area contributed by atoms with Crippen LogP contribution in [0.3, 0.4) is 0 Å². The molecule has 124 valence electrons. The summed E-state index contributed by atoms with van der Waals surface area (Å²) in [5.41, 5.74) is 1.59. The van der Waals surface area contributed by atoms with Crippen molar-refractivity contribution in [2.75, 3.05) is 17.1 Å². The summed E-state index contributed by atoms with van der Waals surface area (Å²) in [4.78, 5) is 4.29. The Labute approximate surface area is 137 Å². The van der Waals surface area contributed by atoms with Gasteiger partial charge < -0.3 is 10.1 Å². The maximum atomic E-state index is 12.4. The van der Waals surface area contributed by atoms with E-state index >= 15 is 0 Å². The van der Waals surface area contributed by atoms with E-state index in [2.05, 4.69) is 15.0 Å². The number of ether oxygens (including phenoxy) is 1. The summed E-state index contributed by atoms with van der Waals surface area (Å²) >= 11 is 0. The zero-order chi connectivity index (χ0) is 17.0. The first-order chi connectivity index (χ1) is 10.8. The summed E-state index contributed by atoms with van der Waals surface area (Å²) in [7, 11) is -2.14. The molecule has 0 fully saturated rings. The average Bonchev–Trinajstić information content (AvgIpc) is 2.48. The molecule has 0 radical (unpaired) electrons. The lowest BCUT2D eigenvalue weighted by molar-refractivity contribution is 0.411. The summed E-state index contributed by atoms with van der Waals surface area (Å²) < 4.78 is 32.4. The monoisotopic (exact) mass is 335 g/mol. The van der Waals surface area contributed by atoms with Crippen LogP contribution < -0.4 is 14.8 Å². The lowest BCUT2D eigenvalue weighted by Crippen LogP contribution is -2.14. The minimum Gasteiger partial charge on any atom is -0.496 e. The van der Waals surface area contributed by atoms with Crippen molar-refractivity contribution in [3.05, 3.63) is 42.1 Å². The highest BCUT2D eigenvalue weighted by Crippen LogP contribution is 2.23. The predicted octanol–water partition coefficient (Wildman–Crippen LogP) is 3.02. The van der Waals surface area contributed by atoms with Gasteiger partial charge in [0.25, 0.3) is 10.0 Å². The van der Waals surface area contributed by atoms with Crippen LogP contribution in [0.4, 0.5) is 11.5 Å². The second-order valence-corrected chi connectivity index (χ2v) is 7.15. The summed E-state index contributed by atoms with van der Waals surface area (Å²) in [6.45, 7) is 5.83. The maximum Gasteiger partial charge on any atom is 0.263 e. The van der Waals surface area contributed by atoms with Crippen LogP contribution in [0.1, 0.15) is 19.4 Å². The maximum absolute atomic E-state index is 12.4. The van der Waals surface area contributed by atoms with E-state index < -0.39 is 10.0 Å². The van der Waals surface area contributed by atoms with Crippen molar-refractivity contribution in [3.63, 3.8) is 0 Å². The third-order valence-corrected chi connectivity index (χ3v) is 4.49. The van der Waals surface area contributed by atoms with Crippen LogP contribution in [0, 0.1) is 6.92 Å². The van der Waals surface area contributed by atoms with Crippen LogP contribution in [-0.2, 0) is 10.0 Å². The van der Waals surface area contributed by atoms with E-state index in [0.29, 0.717) is 5.75 Å². The number of aromatic nitrogens is 1. The highest BCUT2D eigenvalue weighted by atomic mass is 32.2. The van der Waals surface area contributed by atoms with Crippen molar-refractivity contribution in [1.82, 2.24) is 4.98 Å². The van der Waals surface area contributed by atoms with Crippen molar-refractivity contribution in [1.29, 1.82) is 0 Å². The SMILES string of the molecule is COc1ccc(S(=O)(=O)Nc2ccc(NC(C)C)cn2)cc1C. The third-order valence-electron chi connectivity index (χ3n) is 3.13. The van der Waals surface area contributed by atoms with Gasteiger partial charge in [0.05, 0.1) is 23.9 Å². The first kappa shape index (κ1) is 17.1. The Bertz CT molecular complexity index is 772. The molecule has 0 saturated carbocycles. The Balaban J connectivity index is 2.19. The van der Waals surface area contributed by atoms with Crippen molar-refractivity contribution < 1.29 is 13.2 Å². The molecule has 2 N–H and O–H groups in total. The van der Waals surface area contributed by atoms with Crippen LogP contribution in [0.5, 0.6) is 5.75 Å². The number of methoxy groups -OCH3 is 1. The van der Waals surface area contributed by atoms with Crippen LogP contribution in [0.15, 0.2) is 41.4 Å². The molecule has 7 heteroatoms.